The van der Waals surface area contributed by atoms with Crippen molar-refractivity contribution in [2.24, 2.45) is 5.92 Å². The highest BCUT2D eigenvalue weighted by molar-refractivity contribution is 5.13. The molecule has 2 atom stereocenters. The highest BCUT2D eigenvalue weighted by Crippen LogP contribution is 2.03. The number of nitrogens with one attached hydrogen (secondary N) is 1. The highest BCUT2D eigenvalue weighted by Gasteiger charge is 2.14. The monoisotopic (exact) mass is 281 g/mol. The van der Waals surface area contributed by atoms with Crippen LogP contribution in [0, 0.1) is 5.92 Å². The van der Waals surface area contributed by atoms with Crippen molar-refractivity contribution in [1.29, 1.82) is 0 Å². The van der Waals surface area contributed by atoms with Gasteiger partial charge in [0.15, 0.2) is 0 Å². The van der Waals surface area contributed by atoms with Gasteiger partial charge in [-0.2, -0.15) is 0 Å². The lowest BCUT2D eigenvalue weighted by Crippen LogP contribution is -2.42. The lowest BCUT2D eigenvalue weighted by Gasteiger charge is -2.23. The molecule has 0 radical (unpaired) electrons. The number of aliphatic hydroxyl groups excluding tert-OH is 1. The Morgan fingerprint density at radius 3 is 2.45 bits per heavy atom. The summed E-state index contributed by atoms with van der Waals surface area (Å²) in [7, 11) is 1.69. The number of benzene rings is 1. The van der Waals surface area contributed by atoms with E-state index in [1.165, 1.54) is 0 Å². The number of hydrogen-bond acceptors (Lipinski definition) is 4. The van der Waals surface area contributed by atoms with Gasteiger partial charge in [0.05, 0.1) is 25.9 Å². The van der Waals surface area contributed by atoms with Crippen LogP contribution in [0.4, 0.5) is 0 Å². The Labute approximate surface area is 122 Å². The van der Waals surface area contributed by atoms with Gasteiger partial charge in [-0.15, -0.1) is 0 Å². The van der Waals surface area contributed by atoms with Crippen LogP contribution in [0.25, 0.3) is 0 Å². The van der Waals surface area contributed by atoms with Crippen molar-refractivity contribution in [3.05, 3.63) is 35.9 Å². The summed E-state index contributed by atoms with van der Waals surface area (Å²) in [5, 5.41) is 13.2. The second-order valence-corrected chi connectivity index (χ2v) is 5.37. The molecule has 4 heteroatoms. The van der Waals surface area contributed by atoms with Gasteiger partial charge >= 0.3 is 0 Å². The molecule has 0 aliphatic heterocycles. The largest absolute Gasteiger partial charge is 0.389 e. The molecule has 0 aromatic heterocycles. The van der Waals surface area contributed by atoms with Gasteiger partial charge in [0.1, 0.15) is 0 Å². The fourth-order valence-corrected chi connectivity index (χ4v) is 1.90. The Bertz CT molecular complexity index is 343. The summed E-state index contributed by atoms with van der Waals surface area (Å²) >= 11 is 0. The molecule has 0 aliphatic rings. The molecule has 0 saturated carbocycles. The first-order valence-electron chi connectivity index (χ1n) is 7.15. The Morgan fingerprint density at radius 2 is 1.85 bits per heavy atom. The van der Waals surface area contributed by atoms with Crippen LogP contribution in [0.3, 0.4) is 0 Å². The van der Waals surface area contributed by atoms with Gasteiger partial charge in [-0.05, 0) is 11.5 Å². The summed E-state index contributed by atoms with van der Waals surface area (Å²) < 4.78 is 10.7. The van der Waals surface area contributed by atoms with E-state index in [9.17, 15) is 5.11 Å². The zero-order valence-corrected chi connectivity index (χ0v) is 12.7. The first kappa shape index (κ1) is 17.1. The number of ether oxygens (including phenoxy) is 2. The molecule has 2 N–H and O–H groups in total. The van der Waals surface area contributed by atoms with Gasteiger partial charge in [-0.1, -0.05) is 44.2 Å². The minimum atomic E-state index is -0.503. The molecule has 0 heterocycles. The standard InChI is InChI=1S/C16H27NO3/c1-13(2)16(12-19-3)17-9-15(18)11-20-10-14-7-5-4-6-8-14/h4-8,13,15-18H,9-12H2,1-3H3. The summed E-state index contributed by atoms with van der Waals surface area (Å²) in [5.74, 6) is 0.465. The third-order valence-corrected chi connectivity index (χ3v) is 3.19. The normalized spacial score (nSPS) is 14.4. The molecule has 0 bridgehead atoms. The molecule has 0 amide bonds. The van der Waals surface area contributed by atoms with Crippen LogP contribution in [0.5, 0.6) is 0 Å². The summed E-state index contributed by atoms with van der Waals surface area (Å²) in [6.45, 7) is 6.30. The van der Waals surface area contributed by atoms with Gasteiger partial charge in [0.25, 0.3) is 0 Å². The molecule has 0 saturated heterocycles. The fraction of sp³-hybridized carbons (Fsp3) is 0.625. The molecule has 2 unspecified atom stereocenters. The molecule has 1 aromatic rings. The van der Waals surface area contributed by atoms with Crippen LogP contribution in [-0.2, 0) is 16.1 Å². The predicted octanol–water partition coefficient (Wildman–Crippen LogP) is 1.82. The highest BCUT2D eigenvalue weighted by atomic mass is 16.5. The molecule has 0 spiro atoms. The number of rotatable bonds is 10. The lowest BCUT2D eigenvalue weighted by molar-refractivity contribution is 0.0246. The van der Waals surface area contributed by atoms with Crippen molar-refractivity contribution >= 4 is 0 Å². The van der Waals surface area contributed by atoms with Crippen molar-refractivity contribution in [1.82, 2.24) is 5.32 Å². The summed E-state index contributed by atoms with van der Waals surface area (Å²) in [4.78, 5) is 0. The number of methoxy groups -OCH3 is 1. The van der Waals surface area contributed by atoms with E-state index in [2.05, 4.69) is 19.2 Å². The Balaban J connectivity index is 2.18. The van der Waals surface area contributed by atoms with E-state index in [0.29, 0.717) is 32.3 Å². The third kappa shape index (κ3) is 7.01. The Kier molecular flexibility index (Phi) is 8.46. The molecule has 20 heavy (non-hydrogen) atoms. The second-order valence-electron chi connectivity index (χ2n) is 5.37. The van der Waals surface area contributed by atoms with Gasteiger partial charge < -0.3 is 19.9 Å². The van der Waals surface area contributed by atoms with E-state index < -0.39 is 6.10 Å². The van der Waals surface area contributed by atoms with E-state index in [1.807, 2.05) is 30.3 Å². The van der Waals surface area contributed by atoms with Gasteiger partial charge in [-0.25, -0.2) is 0 Å². The van der Waals surface area contributed by atoms with Crippen LogP contribution >= 0.6 is 0 Å². The van der Waals surface area contributed by atoms with Crippen molar-refractivity contribution in [3.63, 3.8) is 0 Å². The molecule has 1 aromatic carbocycles. The van der Waals surface area contributed by atoms with E-state index in [-0.39, 0.29) is 6.04 Å². The average molecular weight is 281 g/mol. The number of aliphatic hydroxyl groups is 1. The molecule has 1 rings (SSSR count). The second kappa shape index (κ2) is 9.88. The van der Waals surface area contributed by atoms with Crippen LogP contribution < -0.4 is 5.32 Å². The van der Waals surface area contributed by atoms with Gasteiger partial charge in [0, 0.05) is 19.7 Å². The zero-order valence-electron chi connectivity index (χ0n) is 12.7. The first-order chi connectivity index (χ1) is 9.63. The van der Waals surface area contributed by atoms with Crippen LogP contribution in [0.2, 0.25) is 0 Å². The Morgan fingerprint density at radius 1 is 1.15 bits per heavy atom. The van der Waals surface area contributed by atoms with E-state index in [4.69, 9.17) is 9.47 Å². The first-order valence-corrected chi connectivity index (χ1v) is 7.15. The molecular weight excluding hydrogens is 254 g/mol. The maximum Gasteiger partial charge on any atom is 0.0897 e. The lowest BCUT2D eigenvalue weighted by atomic mass is 10.1. The van der Waals surface area contributed by atoms with Crippen LogP contribution in [0.1, 0.15) is 19.4 Å². The van der Waals surface area contributed by atoms with Crippen LogP contribution in [-0.4, -0.2) is 44.1 Å². The summed E-state index contributed by atoms with van der Waals surface area (Å²) in [6, 6.07) is 10.2. The van der Waals surface area contributed by atoms with Crippen LogP contribution in [0.15, 0.2) is 30.3 Å². The topological polar surface area (TPSA) is 50.7 Å². The molecule has 0 fully saturated rings. The smallest absolute Gasteiger partial charge is 0.0897 e. The quantitative estimate of drug-likeness (QED) is 0.687. The maximum absolute atomic E-state index is 9.90. The molecular formula is C16H27NO3. The predicted molar refractivity (Wildman–Crippen MR) is 80.6 cm³/mol. The van der Waals surface area contributed by atoms with E-state index in [1.54, 1.807) is 7.11 Å². The summed E-state index contributed by atoms with van der Waals surface area (Å²) in [5.41, 5.74) is 1.12. The number of hydrogen-bond donors (Lipinski definition) is 2. The minimum absolute atomic E-state index is 0.253. The molecule has 114 valence electrons. The van der Waals surface area contributed by atoms with Crippen molar-refractivity contribution in [3.8, 4) is 0 Å². The van der Waals surface area contributed by atoms with Crippen molar-refractivity contribution < 1.29 is 14.6 Å². The van der Waals surface area contributed by atoms with Crippen molar-refractivity contribution in [2.45, 2.75) is 32.6 Å². The molecule has 0 aliphatic carbocycles. The van der Waals surface area contributed by atoms with E-state index >= 15 is 0 Å². The summed E-state index contributed by atoms with van der Waals surface area (Å²) in [6.07, 6.45) is -0.503. The zero-order chi connectivity index (χ0) is 14.8. The third-order valence-electron chi connectivity index (χ3n) is 3.19. The Hall–Kier alpha value is -0.940. The van der Waals surface area contributed by atoms with E-state index in [0.717, 1.165) is 5.56 Å². The maximum atomic E-state index is 9.90. The van der Waals surface area contributed by atoms with Crippen molar-refractivity contribution in [2.75, 3.05) is 26.9 Å². The SMILES string of the molecule is COCC(NCC(O)COCc1ccccc1)C(C)C. The van der Waals surface area contributed by atoms with Gasteiger partial charge in [0.2, 0.25) is 0 Å². The van der Waals surface area contributed by atoms with Gasteiger partial charge in [-0.3, -0.25) is 0 Å². The minimum Gasteiger partial charge on any atom is -0.389 e. The average Bonchev–Trinajstić information content (AvgIpc) is 2.44. The molecule has 4 nitrogen and oxygen atoms in total. The fourth-order valence-electron chi connectivity index (χ4n) is 1.90.